The van der Waals surface area contributed by atoms with Gasteiger partial charge in [0.2, 0.25) is 0 Å². The molecule has 4 heteroatoms. The standard InChI is InChI=1S/C22H28N2O2/c1-21(2,3)15-11-17-16(9-10-22(17,4)5)18(12-15)24-19-8-7-14(13-23-19)20(25)26-6/h7-8,11-13H,9-10H2,1-6H3,(H,23,24). The van der Waals surface area contributed by atoms with E-state index in [0.29, 0.717) is 5.56 Å². The van der Waals surface area contributed by atoms with Crippen molar-refractivity contribution < 1.29 is 9.53 Å². The Hall–Kier alpha value is -2.36. The number of hydrogen-bond donors (Lipinski definition) is 1. The van der Waals surface area contributed by atoms with E-state index in [1.54, 1.807) is 12.3 Å². The predicted molar refractivity (Wildman–Crippen MR) is 105 cm³/mol. The molecule has 26 heavy (non-hydrogen) atoms. The van der Waals surface area contributed by atoms with Crippen LogP contribution in [-0.4, -0.2) is 18.1 Å². The number of ether oxygens (including phenoxy) is 1. The van der Waals surface area contributed by atoms with Gasteiger partial charge in [-0.3, -0.25) is 0 Å². The number of benzene rings is 1. The van der Waals surface area contributed by atoms with Crippen molar-refractivity contribution in [3.8, 4) is 0 Å². The normalized spacial score (nSPS) is 15.5. The number of methoxy groups -OCH3 is 1. The summed E-state index contributed by atoms with van der Waals surface area (Å²) in [4.78, 5) is 16.0. The van der Waals surface area contributed by atoms with Crippen LogP contribution < -0.4 is 5.32 Å². The molecule has 3 rings (SSSR count). The fraction of sp³-hybridized carbons (Fsp3) is 0.455. The Bertz CT molecular complexity index is 830. The van der Waals surface area contributed by atoms with Gasteiger partial charge in [-0.15, -0.1) is 0 Å². The first-order chi connectivity index (χ1) is 12.1. The highest BCUT2D eigenvalue weighted by molar-refractivity contribution is 5.89. The van der Waals surface area contributed by atoms with Gasteiger partial charge in [0.1, 0.15) is 5.82 Å². The molecular weight excluding hydrogens is 324 g/mol. The second-order valence-corrected chi connectivity index (χ2v) is 8.73. The van der Waals surface area contributed by atoms with Crippen molar-refractivity contribution in [1.29, 1.82) is 0 Å². The molecule has 0 bridgehead atoms. The molecular formula is C22H28N2O2. The van der Waals surface area contributed by atoms with Crippen LogP contribution >= 0.6 is 0 Å². The van der Waals surface area contributed by atoms with Gasteiger partial charge in [0.05, 0.1) is 12.7 Å². The highest BCUT2D eigenvalue weighted by Gasteiger charge is 2.33. The van der Waals surface area contributed by atoms with Gasteiger partial charge in [0, 0.05) is 11.9 Å². The molecule has 0 saturated heterocycles. The Morgan fingerprint density at radius 3 is 2.54 bits per heavy atom. The average Bonchev–Trinajstić information content (AvgIpc) is 2.89. The number of fused-ring (bicyclic) bond motifs is 1. The van der Waals surface area contributed by atoms with Crippen molar-refractivity contribution in [3.63, 3.8) is 0 Å². The minimum atomic E-state index is -0.374. The lowest BCUT2D eigenvalue weighted by Gasteiger charge is -2.26. The van der Waals surface area contributed by atoms with Gasteiger partial charge >= 0.3 is 5.97 Å². The summed E-state index contributed by atoms with van der Waals surface area (Å²) in [5.74, 6) is 0.358. The van der Waals surface area contributed by atoms with Gasteiger partial charge in [-0.1, -0.05) is 40.7 Å². The van der Waals surface area contributed by atoms with E-state index in [1.807, 2.05) is 6.07 Å². The van der Waals surface area contributed by atoms with Gasteiger partial charge in [-0.25, -0.2) is 9.78 Å². The van der Waals surface area contributed by atoms with E-state index < -0.39 is 0 Å². The molecule has 1 aromatic carbocycles. The third kappa shape index (κ3) is 3.46. The monoisotopic (exact) mass is 352 g/mol. The Kier molecular flexibility index (Phi) is 4.55. The van der Waals surface area contributed by atoms with Crippen molar-refractivity contribution in [2.24, 2.45) is 0 Å². The van der Waals surface area contributed by atoms with E-state index in [0.717, 1.165) is 24.3 Å². The largest absolute Gasteiger partial charge is 0.465 e. The minimum absolute atomic E-state index is 0.0757. The zero-order valence-corrected chi connectivity index (χ0v) is 16.6. The maximum atomic E-state index is 11.6. The number of hydrogen-bond acceptors (Lipinski definition) is 4. The number of anilines is 2. The molecule has 1 aliphatic rings. The SMILES string of the molecule is COC(=O)c1ccc(Nc2cc(C(C)(C)C)cc3c2CCC3(C)C)nc1. The van der Waals surface area contributed by atoms with Gasteiger partial charge in [-0.2, -0.15) is 0 Å². The quantitative estimate of drug-likeness (QED) is 0.778. The van der Waals surface area contributed by atoms with Gasteiger partial charge < -0.3 is 10.1 Å². The summed E-state index contributed by atoms with van der Waals surface area (Å²) in [6.45, 7) is 11.4. The molecule has 2 aromatic rings. The second kappa shape index (κ2) is 6.42. The molecule has 0 aliphatic heterocycles. The maximum absolute atomic E-state index is 11.6. The third-order valence-corrected chi connectivity index (χ3v) is 5.29. The van der Waals surface area contributed by atoms with Gasteiger partial charge in [0.25, 0.3) is 0 Å². The summed E-state index contributed by atoms with van der Waals surface area (Å²) in [7, 11) is 1.37. The average molecular weight is 352 g/mol. The molecule has 0 atom stereocenters. The lowest BCUT2D eigenvalue weighted by molar-refractivity contribution is 0.0600. The molecule has 4 nitrogen and oxygen atoms in total. The van der Waals surface area contributed by atoms with Gasteiger partial charge in [0.15, 0.2) is 0 Å². The fourth-order valence-electron chi connectivity index (χ4n) is 3.51. The van der Waals surface area contributed by atoms with Crippen LogP contribution in [0, 0.1) is 0 Å². The molecule has 1 N–H and O–H groups in total. The summed E-state index contributed by atoms with van der Waals surface area (Å²) in [6, 6.07) is 8.18. The van der Waals surface area contributed by atoms with Crippen molar-refractivity contribution in [2.75, 3.05) is 12.4 Å². The number of carbonyl (C=O) groups excluding carboxylic acids is 1. The molecule has 1 heterocycles. The van der Waals surface area contributed by atoms with Gasteiger partial charge in [-0.05, 0) is 58.6 Å². The van der Waals surface area contributed by atoms with E-state index >= 15 is 0 Å². The lowest BCUT2D eigenvalue weighted by Crippen LogP contribution is -2.17. The van der Waals surface area contributed by atoms with Crippen LogP contribution in [0.3, 0.4) is 0 Å². The van der Waals surface area contributed by atoms with Crippen LogP contribution in [0.5, 0.6) is 0 Å². The highest BCUT2D eigenvalue weighted by Crippen LogP contribution is 2.44. The second-order valence-electron chi connectivity index (χ2n) is 8.73. The first-order valence-electron chi connectivity index (χ1n) is 9.11. The smallest absolute Gasteiger partial charge is 0.339 e. The van der Waals surface area contributed by atoms with Crippen LogP contribution in [0.4, 0.5) is 11.5 Å². The number of aromatic nitrogens is 1. The Balaban J connectivity index is 2.00. The Labute approximate surface area is 156 Å². The molecule has 0 fully saturated rings. The summed E-state index contributed by atoms with van der Waals surface area (Å²) in [5.41, 5.74) is 5.96. The highest BCUT2D eigenvalue weighted by atomic mass is 16.5. The van der Waals surface area contributed by atoms with E-state index in [1.165, 1.54) is 23.8 Å². The summed E-state index contributed by atoms with van der Waals surface area (Å²) < 4.78 is 4.73. The van der Waals surface area contributed by atoms with E-state index in [-0.39, 0.29) is 16.8 Å². The number of pyridine rings is 1. The molecule has 0 spiro atoms. The topological polar surface area (TPSA) is 51.2 Å². The molecule has 1 aliphatic carbocycles. The number of nitrogens with zero attached hydrogens (tertiary/aromatic N) is 1. The first-order valence-corrected chi connectivity index (χ1v) is 9.11. The predicted octanol–water partition coefficient (Wildman–Crippen LogP) is 5.13. The molecule has 0 radical (unpaired) electrons. The molecule has 0 amide bonds. The third-order valence-electron chi connectivity index (χ3n) is 5.29. The fourth-order valence-corrected chi connectivity index (χ4v) is 3.51. The number of nitrogens with one attached hydrogen (secondary N) is 1. The summed E-state index contributed by atoms with van der Waals surface area (Å²) in [5, 5.41) is 3.48. The van der Waals surface area contributed by atoms with Crippen LogP contribution in [0.1, 0.15) is 68.1 Å². The summed E-state index contributed by atoms with van der Waals surface area (Å²) >= 11 is 0. The Morgan fingerprint density at radius 1 is 1.23 bits per heavy atom. The van der Waals surface area contributed by atoms with Crippen LogP contribution in [0.2, 0.25) is 0 Å². The number of esters is 1. The van der Waals surface area contributed by atoms with E-state index in [9.17, 15) is 4.79 Å². The lowest BCUT2D eigenvalue weighted by atomic mass is 9.80. The minimum Gasteiger partial charge on any atom is -0.465 e. The number of rotatable bonds is 3. The zero-order chi connectivity index (χ0) is 19.1. The Morgan fingerprint density at radius 2 is 1.96 bits per heavy atom. The zero-order valence-electron chi connectivity index (χ0n) is 16.6. The molecule has 0 saturated carbocycles. The van der Waals surface area contributed by atoms with Crippen molar-refractivity contribution in [3.05, 3.63) is 52.7 Å². The molecule has 1 aromatic heterocycles. The number of carbonyl (C=O) groups is 1. The molecule has 138 valence electrons. The van der Waals surface area contributed by atoms with E-state index in [2.05, 4.69) is 57.1 Å². The van der Waals surface area contributed by atoms with Crippen LogP contribution in [0.25, 0.3) is 0 Å². The van der Waals surface area contributed by atoms with Crippen molar-refractivity contribution in [2.45, 2.75) is 58.3 Å². The maximum Gasteiger partial charge on any atom is 0.339 e. The summed E-state index contributed by atoms with van der Waals surface area (Å²) in [6.07, 6.45) is 3.76. The van der Waals surface area contributed by atoms with Crippen LogP contribution in [-0.2, 0) is 22.0 Å². The van der Waals surface area contributed by atoms with Crippen molar-refractivity contribution >= 4 is 17.5 Å². The van der Waals surface area contributed by atoms with E-state index in [4.69, 9.17) is 4.74 Å². The molecule has 0 unspecified atom stereocenters. The van der Waals surface area contributed by atoms with Crippen molar-refractivity contribution in [1.82, 2.24) is 4.98 Å². The van der Waals surface area contributed by atoms with Crippen LogP contribution in [0.15, 0.2) is 30.5 Å². The first kappa shape index (κ1) is 18.4.